The van der Waals surface area contributed by atoms with Crippen LogP contribution >= 0.6 is 0 Å². The van der Waals surface area contributed by atoms with Crippen LogP contribution in [0.25, 0.3) is 0 Å². The number of nitrogens with one attached hydrogen (secondary N) is 1. The summed E-state index contributed by atoms with van der Waals surface area (Å²) in [5.74, 6) is 1.04. The van der Waals surface area contributed by atoms with Gasteiger partial charge in [-0.3, -0.25) is 4.68 Å². The Morgan fingerprint density at radius 2 is 2.42 bits per heavy atom. The molecule has 1 rings (SSSR count). The van der Waals surface area contributed by atoms with Crippen molar-refractivity contribution in [1.82, 2.24) is 20.1 Å². The first-order valence-corrected chi connectivity index (χ1v) is 4.28. The van der Waals surface area contributed by atoms with E-state index < -0.39 is 0 Å². The topological polar surface area (TPSA) is 42.7 Å². The molecule has 4 heteroatoms. The minimum absolute atomic E-state index is 0.507. The van der Waals surface area contributed by atoms with Gasteiger partial charge in [0, 0.05) is 19.5 Å². The lowest BCUT2D eigenvalue weighted by atomic mass is 10.1. The largest absolute Gasteiger partial charge is 0.317 e. The maximum absolute atomic E-state index is 4.16. The van der Waals surface area contributed by atoms with E-state index in [4.69, 9.17) is 0 Å². The molecule has 1 unspecified atom stereocenters. The summed E-state index contributed by atoms with van der Waals surface area (Å²) in [6.45, 7) is 2.16. The summed E-state index contributed by atoms with van der Waals surface area (Å²) in [5, 5.41) is 7.25. The third kappa shape index (κ3) is 2.04. The van der Waals surface area contributed by atoms with Gasteiger partial charge in [-0.2, -0.15) is 5.10 Å². The van der Waals surface area contributed by atoms with Crippen molar-refractivity contribution in [2.45, 2.75) is 25.8 Å². The van der Waals surface area contributed by atoms with Gasteiger partial charge in [0.1, 0.15) is 12.2 Å². The number of hydrogen-bond donors (Lipinski definition) is 1. The molecule has 0 saturated heterocycles. The highest BCUT2D eigenvalue weighted by molar-refractivity contribution is 4.87. The Labute approximate surface area is 73.0 Å². The first-order chi connectivity index (χ1) is 5.77. The van der Waals surface area contributed by atoms with Gasteiger partial charge < -0.3 is 5.32 Å². The Bertz CT molecular complexity index is 227. The van der Waals surface area contributed by atoms with Gasteiger partial charge in [0.2, 0.25) is 0 Å². The van der Waals surface area contributed by atoms with E-state index in [1.807, 2.05) is 18.8 Å². The van der Waals surface area contributed by atoms with Crippen molar-refractivity contribution in [3.63, 3.8) is 0 Å². The van der Waals surface area contributed by atoms with Gasteiger partial charge in [-0.05, 0) is 13.5 Å². The van der Waals surface area contributed by atoms with E-state index in [1.54, 1.807) is 6.33 Å². The van der Waals surface area contributed by atoms with Gasteiger partial charge in [0.05, 0.1) is 0 Å². The zero-order valence-electron chi connectivity index (χ0n) is 7.91. The van der Waals surface area contributed by atoms with Crippen molar-refractivity contribution in [1.29, 1.82) is 0 Å². The molecule has 0 aliphatic carbocycles. The highest BCUT2D eigenvalue weighted by atomic mass is 15.3. The fourth-order valence-corrected chi connectivity index (χ4v) is 1.18. The van der Waals surface area contributed by atoms with Gasteiger partial charge in [0.15, 0.2) is 0 Å². The minimum Gasteiger partial charge on any atom is -0.317 e. The fourth-order valence-electron chi connectivity index (χ4n) is 1.18. The predicted octanol–water partition coefficient (Wildman–Crippen LogP) is 0.356. The van der Waals surface area contributed by atoms with Crippen molar-refractivity contribution >= 4 is 0 Å². The van der Waals surface area contributed by atoms with Crippen LogP contribution in [0.3, 0.4) is 0 Å². The first-order valence-electron chi connectivity index (χ1n) is 4.28. The van der Waals surface area contributed by atoms with E-state index in [2.05, 4.69) is 22.3 Å². The first kappa shape index (κ1) is 9.19. The van der Waals surface area contributed by atoms with Crippen LogP contribution in [0, 0.1) is 0 Å². The zero-order valence-corrected chi connectivity index (χ0v) is 7.91. The molecule has 0 amide bonds. The van der Waals surface area contributed by atoms with Crippen LogP contribution in [-0.4, -0.2) is 27.9 Å². The SMILES string of the molecule is CCC(Cc1ncnn1C)NC. The normalized spacial score (nSPS) is 13.2. The van der Waals surface area contributed by atoms with Gasteiger partial charge in [-0.15, -0.1) is 0 Å². The van der Waals surface area contributed by atoms with Crippen LogP contribution < -0.4 is 5.32 Å². The Balaban J connectivity index is 2.56. The molecule has 0 aromatic carbocycles. The number of rotatable bonds is 4. The van der Waals surface area contributed by atoms with Crippen LogP contribution in [0.5, 0.6) is 0 Å². The van der Waals surface area contributed by atoms with Gasteiger partial charge in [-0.25, -0.2) is 4.98 Å². The molecule has 0 saturated carbocycles. The number of hydrogen-bond acceptors (Lipinski definition) is 3. The molecule has 0 radical (unpaired) electrons. The van der Waals surface area contributed by atoms with Gasteiger partial charge in [0.25, 0.3) is 0 Å². The van der Waals surface area contributed by atoms with Gasteiger partial charge >= 0.3 is 0 Å². The number of likely N-dealkylation sites (N-methyl/N-ethyl adjacent to an activating group) is 1. The van der Waals surface area contributed by atoms with E-state index in [1.165, 1.54) is 0 Å². The third-order valence-electron chi connectivity index (χ3n) is 2.14. The highest BCUT2D eigenvalue weighted by Gasteiger charge is 2.07. The van der Waals surface area contributed by atoms with E-state index in [9.17, 15) is 0 Å². The molecular formula is C8H16N4. The maximum atomic E-state index is 4.16. The predicted molar refractivity (Wildman–Crippen MR) is 47.8 cm³/mol. The Kier molecular flexibility index (Phi) is 3.22. The van der Waals surface area contributed by atoms with Crippen LogP contribution in [0.1, 0.15) is 19.2 Å². The number of aromatic nitrogens is 3. The minimum atomic E-state index is 0.507. The Morgan fingerprint density at radius 1 is 1.67 bits per heavy atom. The summed E-state index contributed by atoms with van der Waals surface area (Å²) < 4.78 is 1.82. The molecule has 1 aromatic rings. The monoisotopic (exact) mass is 168 g/mol. The summed E-state index contributed by atoms with van der Waals surface area (Å²) in [7, 11) is 3.90. The average molecular weight is 168 g/mol. The maximum Gasteiger partial charge on any atom is 0.138 e. The molecule has 0 bridgehead atoms. The summed E-state index contributed by atoms with van der Waals surface area (Å²) >= 11 is 0. The van der Waals surface area contributed by atoms with E-state index in [0.717, 1.165) is 18.7 Å². The van der Waals surface area contributed by atoms with Gasteiger partial charge in [-0.1, -0.05) is 6.92 Å². The van der Waals surface area contributed by atoms with E-state index in [-0.39, 0.29) is 0 Å². The van der Waals surface area contributed by atoms with Crippen molar-refractivity contribution < 1.29 is 0 Å². The smallest absolute Gasteiger partial charge is 0.138 e. The molecule has 68 valence electrons. The summed E-state index contributed by atoms with van der Waals surface area (Å²) in [5.41, 5.74) is 0. The molecule has 4 nitrogen and oxygen atoms in total. The van der Waals surface area contributed by atoms with Crippen LogP contribution in [-0.2, 0) is 13.5 Å². The summed E-state index contributed by atoms with van der Waals surface area (Å²) in [6, 6.07) is 0.507. The Hall–Kier alpha value is -0.900. The molecule has 1 N–H and O–H groups in total. The number of aryl methyl sites for hydroxylation is 1. The molecule has 0 fully saturated rings. The lowest BCUT2D eigenvalue weighted by molar-refractivity contribution is 0.516. The van der Waals surface area contributed by atoms with Crippen molar-refractivity contribution in [2.24, 2.45) is 7.05 Å². The molecule has 1 heterocycles. The van der Waals surface area contributed by atoms with Crippen LogP contribution in [0.2, 0.25) is 0 Å². The zero-order chi connectivity index (χ0) is 8.97. The van der Waals surface area contributed by atoms with Crippen molar-refractivity contribution in [3.05, 3.63) is 12.2 Å². The lowest BCUT2D eigenvalue weighted by Crippen LogP contribution is -2.27. The van der Waals surface area contributed by atoms with E-state index in [0.29, 0.717) is 6.04 Å². The summed E-state index contributed by atoms with van der Waals surface area (Å²) in [6.07, 6.45) is 3.66. The van der Waals surface area contributed by atoms with Crippen molar-refractivity contribution in [2.75, 3.05) is 7.05 Å². The molecule has 0 spiro atoms. The molecule has 1 atom stereocenters. The average Bonchev–Trinajstić information content (AvgIpc) is 2.47. The third-order valence-corrected chi connectivity index (χ3v) is 2.14. The fraction of sp³-hybridized carbons (Fsp3) is 0.750. The molecule has 0 aliphatic rings. The molecule has 1 aromatic heterocycles. The second-order valence-electron chi connectivity index (χ2n) is 2.90. The lowest BCUT2D eigenvalue weighted by Gasteiger charge is -2.12. The Morgan fingerprint density at radius 3 is 2.83 bits per heavy atom. The molecular weight excluding hydrogens is 152 g/mol. The second kappa shape index (κ2) is 4.21. The molecule has 0 aliphatic heterocycles. The van der Waals surface area contributed by atoms with Crippen LogP contribution in [0.15, 0.2) is 6.33 Å². The standard InChI is InChI=1S/C8H16N4/c1-4-7(9-2)5-8-10-6-11-12(8)3/h6-7,9H,4-5H2,1-3H3. The molecule has 12 heavy (non-hydrogen) atoms. The quantitative estimate of drug-likeness (QED) is 0.705. The number of nitrogens with zero attached hydrogens (tertiary/aromatic N) is 3. The second-order valence-corrected chi connectivity index (χ2v) is 2.90. The van der Waals surface area contributed by atoms with E-state index >= 15 is 0 Å². The summed E-state index contributed by atoms with van der Waals surface area (Å²) in [4.78, 5) is 4.16. The van der Waals surface area contributed by atoms with Crippen LogP contribution in [0.4, 0.5) is 0 Å². The van der Waals surface area contributed by atoms with Crippen molar-refractivity contribution in [3.8, 4) is 0 Å². The highest BCUT2D eigenvalue weighted by Crippen LogP contribution is 2.00.